The third-order valence-electron chi connectivity index (χ3n) is 12.2. The lowest BCUT2D eigenvalue weighted by Gasteiger charge is -2.46. The Hall–Kier alpha value is -1.59. The van der Waals surface area contributed by atoms with Gasteiger partial charge >= 0.3 is 17.9 Å². The van der Waals surface area contributed by atoms with Gasteiger partial charge in [-0.2, -0.15) is 0 Å². The second-order valence-electron chi connectivity index (χ2n) is 17.4. The summed E-state index contributed by atoms with van der Waals surface area (Å²) < 4.78 is 17.7. The summed E-state index contributed by atoms with van der Waals surface area (Å²) in [5.41, 5.74) is -2.21. The van der Waals surface area contributed by atoms with Gasteiger partial charge in [0.05, 0.1) is 17.3 Å². The van der Waals surface area contributed by atoms with Gasteiger partial charge in [0.15, 0.2) is 0 Å². The van der Waals surface area contributed by atoms with Crippen molar-refractivity contribution in [3.8, 4) is 0 Å². The topological polar surface area (TPSA) is 78.9 Å². The van der Waals surface area contributed by atoms with Crippen molar-refractivity contribution in [2.24, 2.45) is 46.3 Å². The highest BCUT2D eigenvalue weighted by Gasteiger charge is 2.69. The van der Waals surface area contributed by atoms with Crippen molar-refractivity contribution in [3.05, 3.63) is 0 Å². The Morgan fingerprint density at radius 2 is 1.22 bits per heavy atom. The van der Waals surface area contributed by atoms with Crippen LogP contribution in [0.5, 0.6) is 0 Å². The van der Waals surface area contributed by atoms with E-state index in [1.165, 1.54) is 38.5 Å². The third kappa shape index (κ3) is 8.47. The van der Waals surface area contributed by atoms with Gasteiger partial charge < -0.3 is 14.2 Å². The highest BCUT2D eigenvalue weighted by molar-refractivity contribution is 5.78. The van der Waals surface area contributed by atoms with Crippen LogP contribution in [0.4, 0.5) is 0 Å². The van der Waals surface area contributed by atoms with Gasteiger partial charge in [0.1, 0.15) is 16.8 Å². The summed E-state index contributed by atoms with van der Waals surface area (Å²) in [5, 5.41) is 0. The molecule has 0 radical (unpaired) electrons. The lowest BCUT2D eigenvalue weighted by atomic mass is 9.64. The summed E-state index contributed by atoms with van der Waals surface area (Å²) in [6.07, 6.45) is 13.6. The van der Waals surface area contributed by atoms with E-state index in [1.54, 1.807) is 0 Å². The molecular formula is C39H70O6. The fourth-order valence-corrected chi connectivity index (χ4v) is 9.05. The number of hydrogen-bond donors (Lipinski definition) is 0. The Kier molecular flexibility index (Phi) is 12.5. The fourth-order valence-electron chi connectivity index (χ4n) is 9.05. The minimum atomic E-state index is -0.651. The number of carbonyl (C=O) groups excluding carboxylic acids is 3. The maximum Gasteiger partial charge on any atom is 0.312 e. The molecule has 5 rings (SSSR count). The number of esters is 3. The number of fused-ring (bicyclic) bond motifs is 9. The molecule has 5 saturated carbocycles. The first-order valence-electron chi connectivity index (χ1n) is 17.5. The summed E-state index contributed by atoms with van der Waals surface area (Å²) in [4.78, 5) is 37.9. The molecule has 7 atom stereocenters. The Bertz CT molecular complexity index is 1030. The van der Waals surface area contributed by atoms with Crippen LogP contribution in [0, 0.1) is 46.3 Å². The smallest absolute Gasteiger partial charge is 0.312 e. The number of ether oxygens (including phenoxy) is 3. The molecule has 7 unspecified atom stereocenters. The maximum atomic E-state index is 13.1. The molecule has 0 heterocycles. The first-order valence-corrected chi connectivity index (χ1v) is 17.5. The quantitative estimate of drug-likeness (QED) is 0.150. The monoisotopic (exact) mass is 635 g/mol. The summed E-state index contributed by atoms with van der Waals surface area (Å²) >= 11 is 0. The molecular weight excluding hydrogens is 564 g/mol. The highest BCUT2D eigenvalue weighted by Crippen LogP contribution is 2.71. The minimum Gasteiger partial charge on any atom is -0.460 e. The number of hydrogen-bond acceptors (Lipinski definition) is 6. The van der Waals surface area contributed by atoms with Crippen molar-refractivity contribution >= 4 is 17.9 Å². The molecule has 5 aliphatic carbocycles. The number of carbonyl (C=O) groups is 3. The van der Waals surface area contributed by atoms with Gasteiger partial charge in [0.25, 0.3) is 0 Å². The SMILES string of the molecule is C.C.CCC(C)(C)C(=O)OC1(C)CCCCC1.CCC(C)(C)C(=O)OC1(CC(=O)OC(C)(C)C)CC2CC1C1C3CCC(C3)C21. The number of rotatable bonds is 8. The largest absolute Gasteiger partial charge is 0.460 e. The Labute approximate surface area is 276 Å². The molecule has 0 aliphatic heterocycles. The molecule has 0 aromatic heterocycles. The molecule has 5 fully saturated rings. The lowest BCUT2D eigenvalue weighted by molar-refractivity contribution is -0.190. The van der Waals surface area contributed by atoms with Crippen LogP contribution in [0.15, 0.2) is 0 Å². The molecule has 45 heavy (non-hydrogen) atoms. The zero-order valence-corrected chi connectivity index (χ0v) is 29.1. The molecule has 0 spiro atoms. The lowest BCUT2D eigenvalue weighted by Crippen LogP contribution is -2.51. The molecule has 4 bridgehead atoms. The van der Waals surface area contributed by atoms with E-state index >= 15 is 0 Å². The molecule has 0 saturated heterocycles. The van der Waals surface area contributed by atoms with Crippen molar-refractivity contribution in [2.45, 2.75) is 184 Å². The van der Waals surface area contributed by atoms with Crippen LogP contribution in [-0.4, -0.2) is 34.7 Å². The average Bonchev–Trinajstić information content (AvgIpc) is 3.68. The highest BCUT2D eigenvalue weighted by atomic mass is 16.6. The molecule has 0 aromatic carbocycles. The second kappa shape index (κ2) is 14.3. The van der Waals surface area contributed by atoms with Crippen LogP contribution in [-0.2, 0) is 28.6 Å². The van der Waals surface area contributed by atoms with E-state index in [-0.39, 0.29) is 50.2 Å². The second-order valence-corrected chi connectivity index (χ2v) is 17.4. The van der Waals surface area contributed by atoms with E-state index in [0.717, 1.165) is 56.3 Å². The van der Waals surface area contributed by atoms with E-state index in [4.69, 9.17) is 14.2 Å². The van der Waals surface area contributed by atoms with Crippen molar-refractivity contribution in [1.82, 2.24) is 0 Å². The molecule has 6 heteroatoms. The van der Waals surface area contributed by atoms with E-state index < -0.39 is 16.6 Å². The average molecular weight is 635 g/mol. The van der Waals surface area contributed by atoms with Crippen LogP contribution in [0.3, 0.4) is 0 Å². The van der Waals surface area contributed by atoms with Gasteiger partial charge in [0, 0.05) is 5.92 Å². The third-order valence-corrected chi connectivity index (χ3v) is 12.2. The molecule has 262 valence electrons. The van der Waals surface area contributed by atoms with E-state index in [2.05, 4.69) is 6.92 Å². The summed E-state index contributed by atoms with van der Waals surface area (Å²) in [6.45, 7) is 19.6. The molecule has 0 N–H and O–H groups in total. The molecule has 0 aromatic rings. The fraction of sp³-hybridized carbons (Fsp3) is 0.923. The summed E-state index contributed by atoms with van der Waals surface area (Å²) in [7, 11) is 0. The summed E-state index contributed by atoms with van der Waals surface area (Å²) in [5.74, 6) is 3.67. The van der Waals surface area contributed by atoms with Crippen molar-refractivity contribution in [2.75, 3.05) is 0 Å². The van der Waals surface area contributed by atoms with Crippen LogP contribution in [0.1, 0.15) is 168 Å². The molecule has 5 aliphatic rings. The van der Waals surface area contributed by atoms with Crippen LogP contribution in [0.2, 0.25) is 0 Å². The van der Waals surface area contributed by atoms with Crippen molar-refractivity contribution in [3.63, 3.8) is 0 Å². The predicted molar refractivity (Wildman–Crippen MR) is 182 cm³/mol. The normalized spacial score (nSPS) is 32.7. The minimum absolute atomic E-state index is 0. The van der Waals surface area contributed by atoms with Crippen LogP contribution in [0.25, 0.3) is 0 Å². The van der Waals surface area contributed by atoms with Crippen molar-refractivity contribution < 1.29 is 28.6 Å². The van der Waals surface area contributed by atoms with Gasteiger partial charge in [0.2, 0.25) is 0 Å². The first-order chi connectivity index (χ1) is 19.9. The van der Waals surface area contributed by atoms with Gasteiger partial charge in [-0.05, 0) is 156 Å². The van der Waals surface area contributed by atoms with Gasteiger partial charge in [-0.25, -0.2) is 0 Å². The molecule has 0 amide bonds. The summed E-state index contributed by atoms with van der Waals surface area (Å²) in [6, 6.07) is 0. The first kappa shape index (κ1) is 39.6. The molecule has 6 nitrogen and oxygen atoms in total. The van der Waals surface area contributed by atoms with E-state index in [0.29, 0.717) is 17.8 Å². The predicted octanol–water partition coefficient (Wildman–Crippen LogP) is 10.1. The van der Waals surface area contributed by atoms with E-state index in [1.807, 2.05) is 62.3 Å². The Morgan fingerprint density at radius 1 is 0.711 bits per heavy atom. The maximum absolute atomic E-state index is 13.1. The Balaban J connectivity index is 0.000000356. The van der Waals surface area contributed by atoms with Gasteiger partial charge in [-0.3, -0.25) is 14.4 Å². The van der Waals surface area contributed by atoms with Crippen LogP contribution < -0.4 is 0 Å². The van der Waals surface area contributed by atoms with E-state index in [9.17, 15) is 14.4 Å². The van der Waals surface area contributed by atoms with Gasteiger partial charge in [-0.1, -0.05) is 35.1 Å². The van der Waals surface area contributed by atoms with Crippen LogP contribution >= 0.6 is 0 Å². The standard InChI is InChI=1S/C24H38O4.C13H24O2.2CH4/c1-7-23(5,6)21(26)28-24(13-18(25)27-22(2,3)4)12-16-11-17(24)20-15-9-8-14(10-15)19(16)20;1-5-12(2,3)11(14)15-13(4)9-7-6-8-10-13;;/h14-17,19-20H,7-13H2,1-6H3;5-10H2,1-4H3;2*1H4. The zero-order valence-electron chi connectivity index (χ0n) is 29.1. The van der Waals surface area contributed by atoms with Crippen molar-refractivity contribution in [1.29, 1.82) is 0 Å². The zero-order chi connectivity index (χ0) is 32.0. The Morgan fingerprint density at radius 3 is 1.73 bits per heavy atom. The van der Waals surface area contributed by atoms with Gasteiger partial charge in [-0.15, -0.1) is 0 Å².